The molecular formula is C27H33N5O. The second-order valence-electron chi connectivity index (χ2n) is 9.54. The van der Waals surface area contributed by atoms with Crippen LogP contribution in [0.25, 0.3) is 11.1 Å². The molecule has 1 aromatic heterocycles. The second-order valence-corrected chi connectivity index (χ2v) is 9.54. The third-order valence-corrected chi connectivity index (χ3v) is 6.89. The van der Waals surface area contributed by atoms with E-state index in [2.05, 4.69) is 76.0 Å². The molecule has 3 aromatic rings. The minimum atomic E-state index is -0.100. The molecule has 1 atom stereocenters. The van der Waals surface area contributed by atoms with E-state index in [1.807, 2.05) is 4.68 Å². The highest BCUT2D eigenvalue weighted by Crippen LogP contribution is 2.27. The van der Waals surface area contributed by atoms with Crippen LogP contribution in [0.1, 0.15) is 60.1 Å². The smallest absolute Gasteiger partial charge is 0.273 e. The molecule has 2 aliphatic rings. The molecule has 1 saturated carbocycles. The molecule has 0 spiro atoms. The SMILES string of the molecule is Cc1ccccc1-c1cccc(CN2CCCC[C@@H]2CCn2cc(C(=O)NC3CC3)nn2)c1. The molecule has 0 bridgehead atoms. The first-order valence-electron chi connectivity index (χ1n) is 12.3. The van der Waals surface area contributed by atoms with Crippen LogP contribution in [0.3, 0.4) is 0 Å². The van der Waals surface area contributed by atoms with E-state index < -0.39 is 0 Å². The summed E-state index contributed by atoms with van der Waals surface area (Å²) in [6.07, 6.45) is 8.69. The van der Waals surface area contributed by atoms with E-state index >= 15 is 0 Å². The highest BCUT2D eigenvalue weighted by Gasteiger charge is 2.26. The fourth-order valence-electron chi connectivity index (χ4n) is 4.84. The van der Waals surface area contributed by atoms with Crippen molar-refractivity contribution in [3.05, 3.63) is 71.5 Å². The zero-order valence-electron chi connectivity index (χ0n) is 19.4. The molecule has 1 N–H and O–H groups in total. The highest BCUT2D eigenvalue weighted by molar-refractivity contribution is 5.92. The van der Waals surface area contributed by atoms with Crippen LogP contribution < -0.4 is 5.32 Å². The summed E-state index contributed by atoms with van der Waals surface area (Å²) in [5, 5.41) is 11.3. The number of likely N-dealkylation sites (tertiary alicyclic amines) is 1. The zero-order chi connectivity index (χ0) is 22.6. The zero-order valence-corrected chi connectivity index (χ0v) is 19.4. The summed E-state index contributed by atoms with van der Waals surface area (Å²) in [6.45, 7) is 5.06. The average molecular weight is 444 g/mol. The molecule has 6 nitrogen and oxygen atoms in total. The van der Waals surface area contributed by atoms with Gasteiger partial charge in [-0.2, -0.15) is 0 Å². The van der Waals surface area contributed by atoms with Crippen LogP contribution in [0, 0.1) is 6.92 Å². The number of aromatic nitrogens is 3. The largest absolute Gasteiger partial charge is 0.348 e. The van der Waals surface area contributed by atoms with Gasteiger partial charge in [-0.05, 0) is 73.9 Å². The predicted octanol–water partition coefficient (Wildman–Crippen LogP) is 4.59. The second kappa shape index (κ2) is 9.87. The summed E-state index contributed by atoms with van der Waals surface area (Å²) < 4.78 is 1.83. The maximum absolute atomic E-state index is 12.2. The number of carbonyl (C=O) groups excluding carboxylic acids is 1. The molecule has 33 heavy (non-hydrogen) atoms. The van der Waals surface area contributed by atoms with E-state index in [0.29, 0.717) is 17.8 Å². The molecular weight excluding hydrogens is 410 g/mol. The number of amides is 1. The molecule has 1 amide bonds. The standard InChI is InChI=1S/C27H33N5O/c1-20-7-2-3-11-25(20)22-9-6-8-21(17-22)18-31-15-5-4-10-24(31)14-16-32-19-26(29-30-32)27(33)28-23-12-13-23/h2-3,6-9,11,17,19,23-24H,4-5,10,12-16,18H2,1H3,(H,28,33)/t24-/m1/s1. The van der Waals surface area contributed by atoms with Crippen LogP contribution in [0.2, 0.25) is 0 Å². The number of benzene rings is 2. The van der Waals surface area contributed by atoms with Gasteiger partial charge in [-0.25, -0.2) is 0 Å². The Hall–Kier alpha value is -2.99. The van der Waals surface area contributed by atoms with Crippen molar-refractivity contribution in [1.29, 1.82) is 0 Å². The van der Waals surface area contributed by atoms with Crippen molar-refractivity contribution in [2.45, 2.75) is 70.6 Å². The summed E-state index contributed by atoms with van der Waals surface area (Å²) >= 11 is 0. The molecule has 1 saturated heterocycles. The van der Waals surface area contributed by atoms with Crippen LogP contribution in [-0.2, 0) is 13.1 Å². The number of aryl methyl sites for hydroxylation is 2. The predicted molar refractivity (Wildman–Crippen MR) is 130 cm³/mol. The van der Waals surface area contributed by atoms with Gasteiger partial charge in [0.25, 0.3) is 5.91 Å². The number of carbonyl (C=O) groups is 1. The Morgan fingerprint density at radius 3 is 2.82 bits per heavy atom. The van der Waals surface area contributed by atoms with Gasteiger partial charge in [0.2, 0.25) is 0 Å². The van der Waals surface area contributed by atoms with E-state index in [0.717, 1.165) is 38.9 Å². The number of hydrogen-bond acceptors (Lipinski definition) is 4. The van der Waals surface area contributed by atoms with E-state index in [4.69, 9.17) is 0 Å². The molecule has 0 radical (unpaired) electrons. The first kappa shape index (κ1) is 21.8. The summed E-state index contributed by atoms with van der Waals surface area (Å²) in [4.78, 5) is 14.8. The molecule has 1 aliphatic carbocycles. The van der Waals surface area contributed by atoms with E-state index in [1.54, 1.807) is 6.20 Å². The van der Waals surface area contributed by atoms with Crippen LogP contribution >= 0.6 is 0 Å². The summed E-state index contributed by atoms with van der Waals surface area (Å²) in [7, 11) is 0. The maximum Gasteiger partial charge on any atom is 0.273 e. The topological polar surface area (TPSA) is 63.1 Å². The van der Waals surface area contributed by atoms with Crippen molar-refractivity contribution in [3.63, 3.8) is 0 Å². The van der Waals surface area contributed by atoms with Crippen LogP contribution in [-0.4, -0.2) is 44.4 Å². The molecule has 5 rings (SSSR count). The summed E-state index contributed by atoms with van der Waals surface area (Å²) in [5.74, 6) is -0.100. The molecule has 0 unspecified atom stereocenters. The van der Waals surface area contributed by atoms with Gasteiger partial charge in [-0.3, -0.25) is 14.4 Å². The van der Waals surface area contributed by atoms with E-state index in [-0.39, 0.29) is 5.91 Å². The number of nitrogens with zero attached hydrogens (tertiary/aromatic N) is 4. The fraction of sp³-hybridized carbons (Fsp3) is 0.444. The third kappa shape index (κ3) is 5.50. The van der Waals surface area contributed by atoms with Gasteiger partial charge in [-0.15, -0.1) is 5.10 Å². The van der Waals surface area contributed by atoms with Gasteiger partial charge in [0.15, 0.2) is 5.69 Å². The number of piperidine rings is 1. The quantitative estimate of drug-likeness (QED) is 0.553. The van der Waals surface area contributed by atoms with Crippen molar-refractivity contribution in [2.24, 2.45) is 0 Å². The van der Waals surface area contributed by atoms with Crippen molar-refractivity contribution in [3.8, 4) is 11.1 Å². The van der Waals surface area contributed by atoms with Gasteiger partial charge in [0.05, 0.1) is 6.20 Å². The number of nitrogens with one attached hydrogen (secondary N) is 1. The van der Waals surface area contributed by atoms with Crippen molar-refractivity contribution < 1.29 is 4.79 Å². The molecule has 1 aliphatic heterocycles. The Balaban J connectivity index is 1.21. The number of rotatable bonds is 8. The van der Waals surface area contributed by atoms with E-state index in [1.165, 1.54) is 41.5 Å². The normalized spacial score (nSPS) is 18.9. The van der Waals surface area contributed by atoms with Crippen molar-refractivity contribution in [2.75, 3.05) is 6.54 Å². The molecule has 2 fully saturated rings. The molecule has 6 heteroatoms. The lowest BCUT2D eigenvalue weighted by Crippen LogP contribution is -2.39. The van der Waals surface area contributed by atoms with Crippen molar-refractivity contribution >= 4 is 5.91 Å². The Kier molecular flexibility index (Phi) is 6.53. The van der Waals surface area contributed by atoms with Crippen LogP contribution in [0.5, 0.6) is 0 Å². The minimum absolute atomic E-state index is 0.100. The van der Waals surface area contributed by atoms with Gasteiger partial charge in [0, 0.05) is 25.2 Å². The average Bonchev–Trinajstić information content (AvgIpc) is 3.51. The highest BCUT2D eigenvalue weighted by atomic mass is 16.2. The van der Waals surface area contributed by atoms with Crippen LogP contribution in [0.15, 0.2) is 54.7 Å². The van der Waals surface area contributed by atoms with Gasteiger partial charge in [-0.1, -0.05) is 54.1 Å². The van der Waals surface area contributed by atoms with Gasteiger partial charge in [0.1, 0.15) is 0 Å². The summed E-state index contributed by atoms with van der Waals surface area (Å²) in [6, 6.07) is 18.4. The molecule has 172 valence electrons. The minimum Gasteiger partial charge on any atom is -0.348 e. The van der Waals surface area contributed by atoms with E-state index in [9.17, 15) is 4.79 Å². The Labute approximate surface area is 196 Å². The van der Waals surface area contributed by atoms with Gasteiger partial charge < -0.3 is 5.32 Å². The lowest BCUT2D eigenvalue weighted by molar-refractivity contribution is 0.0946. The summed E-state index contributed by atoms with van der Waals surface area (Å²) in [5.41, 5.74) is 5.70. The fourth-order valence-corrected chi connectivity index (χ4v) is 4.84. The first-order chi connectivity index (χ1) is 16.2. The number of hydrogen-bond donors (Lipinski definition) is 1. The lowest BCUT2D eigenvalue weighted by Gasteiger charge is -2.36. The van der Waals surface area contributed by atoms with Gasteiger partial charge >= 0.3 is 0 Å². The first-order valence-corrected chi connectivity index (χ1v) is 12.3. The third-order valence-electron chi connectivity index (χ3n) is 6.89. The van der Waals surface area contributed by atoms with Crippen LogP contribution in [0.4, 0.5) is 0 Å². The maximum atomic E-state index is 12.2. The Morgan fingerprint density at radius 2 is 1.97 bits per heavy atom. The molecule has 2 heterocycles. The Morgan fingerprint density at radius 1 is 1.09 bits per heavy atom. The van der Waals surface area contributed by atoms with Crippen molar-refractivity contribution in [1.82, 2.24) is 25.2 Å². The molecule has 2 aromatic carbocycles. The monoisotopic (exact) mass is 443 g/mol. The Bertz CT molecular complexity index is 1100. The lowest BCUT2D eigenvalue weighted by atomic mass is 9.96.